The lowest BCUT2D eigenvalue weighted by Crippen LogP contribution is -2.08. The molecule has 106 valence electrons. The van der Waals surface area contributed by atoms with Crippen LogP contribution in [0.25, 0.3) is 0 Å². The zero-order valence-corrected chi connectivity index (χ0v) is 12.5. The van der Waals surface area contributed by atoms with E-state index in [4.69, 9.17) is 11.6 Å². The number of nitrogens with zero attached hydrogens (tertiary/aromatic N) is 4. The zero-order valence-electron chi connectivity index (χ0n) is 11.7. The van der Waals surface area contributed by atoms with Gasteiger partial charge in [0.2, 0.25) is 0 Å². The zero-order chi connectivity index (χ0) is 14.1. The summed E-state index contributed by atoms with van der Waals surface area (Å²) in [6.45, 7) is 2.89. The van der Waals surface area contributed by atoms with E-state index in [1.54, 1.807) is 6.07 Å². The molecule has 1 aliphatic carbocycles. The van der Waals surface area contributed by atoms with Crippen LogP contribution in [-0.2, 0) is 13.5 Å². The standard InChI is InChI=1S/C14H18ClN5/c1-9-11(8-17-20(9)2)5-6-16-13-7-12(15)18-14(19-13)10-3-4-10/h7-8,10H,3-6H2,1-2H3,(H,16,18,19). The number of hydrogen-bond donors (Lipinski definition) is 1. The van der Waals surface area contributed by atoms with Crippen molar-refractivity contribution in [2.75, 3.05) is 11.9 Å². The van der Waals surface area contributed by atoms with Crippen molar-refractivity contribution in [1.82, 2.24) is 19.7 Å². The molecule has 6 heteroatoms. The number of aromatic nitrogens is 4. The largest absolute Gasteiger partial charge is 0.370 e. The molecule has 20 heavy (non-hydrogen) atoms. The highest BCUT2D eigenvalue weighted by atomic mass is 35.5. The van der Waals surface area contributed by atoms with Gasteiger partial charge in [-0.25, -0.2) is 9.97 Å². The van der Waals surface area contributed by atoms with Gasteiger partial charge in [0.15, 0.2) is 0 Å². The molecule has 1 N–H and O–H groups in total. The Kier molecular flexibility index (Phi) is 3.61. The molecule has 0 unspecified atom stereocenters. The molecule has 0 saturated heterocycles. The predicted octanol–water partition coefficient (Wildman–Crippen LogP) is 2.70. The molecule has 0 aromatic carbocycles. The van der Waals surface area contributed by atoms with Crippen LogP contribution in [0.3, 0.4) is 0 Å². The van der Waals surface area contributed by atoms with E-state index >= 15 is 0 Å². The lowest BCUT2D eigenvalue weighted by atomic mass is 10.2. The number of halogens is 1. The molecule has 3 rings (SSSR count). The maximum atomic E-state index is 6.04. The van der Waals surface area contributed by atoms with E-state index in [1.807, 2.05) is 17.9 Å². The average Bonchev–Trinajstić information content (AvgIpc) is 3.21. The molecule has 0 spiro atoms. The van der Waals surface area contributed by atoms with E-state index < -0.39 is 0 Å². The van der Waals surface area contributed by atoms with Gasteiger partial charge in [0, 0.05) is 31.3 Å². The highest BCUT2D eigenvalue weighted by Gasteiger charge is 2.27. The maximum absolute atomic E-state index is 6.04. The Balaban J connectivity index is 1.62. The summed E-state index contributed by atoms with van der Waals surface area (Å²) in [4.78, 5) is 8.81. The molecule has 2 heterocycles. The quantitative estimate of drug-likeness (QED) is 0.861. The number of hydrogen-bond acceptors (Lipinski definition) is 4. The van der Waals surface area contributed by atoms with Gasteiger partial charge in [-0.15, -0.1) is 0 Å². The van der Waals surface area contributed by atoms with Crippen molar-refractivity contribution in [3.05, 3.63) is 34.5 Å². The van der Waals surface area contributed by atoms with Crippen LogP contribution in [0.15, 0.2) is 12.3 Å². The second kappa shape index (κ2) is 5.40. The fraction of sp³-hybridized carbons (Fsp3) is 0.500. The van der Waals surface area contributed by atoms with E-state index in [9.17, 15) is 0 Å². The second-order valence-corrected chi connectivity index (χ2v) is 5.65. The van der Waals surface area contributed by atoms with Crippen LogP contribution in [0.2, 0.25) is 5.15 Å². The minimum Gasteiger partial charge on any atom is -0.370 e. The Morgan fingerprint density at radius 1 is 1.40 bits per heavy atom. The molecule has 0 aliphatic heterocycles. The van der Waals surface area contributed by atoms with E-state index in [2.05, 4.69) is 27.3 Å². The van der Waals surface area contributed by atoms with Crippen molar-refractivity contribution in [2.45, 2.75) is 32.1 Å². The highest BCUT2D eigenvalue weighted by molar-refractivity contribution is 6.29. The maximum Gasteiger partial charge on any atom is 0.135 e. The van der Waals surface area contributed by atoms with Gasteiger partial charge in [-0.2, -0.15) is 5.10 Å². The molecule has 2 aromatic rings. The van der Waals surface area contributed by atoms with E-state index in [0.29, 0.717) is 11.1 Å². The normalized spacial score (nSPS) is 14.6. The van der Waals surface area contributed by atoms with Crippen molar-refractivity contribution >= 4 is 17.4 Å². The molecular formula is C14H18ClN5. The summed E-state index contributed by atoms with van der Waals surface area (Å²) in [5.41, 5.74) is 2.45. The summed E-state index contributed by atoms with van der Waals surface area (Å²) < 4.78 is 1.89. The van der Waals surface area contributed by atoms with E-state index in [-0.39, 0.29) is 0 Å². The van der Waals surface area contributed by atoms with Crippen LogP contribution in [0.1, 0.15) is 35.8 Å². The van der Waals surface area contributed by atoms with Crippen molar-refractivity contribution in [2.24, 2.45) is 7.05 Å². The summed E-state index contributed by atoms with van der Waals surface area (Å²) in [6, 6.07) is 1.78. The Hall–Kier alpha value is -1.62. The first-order valence-corrected chi connectivity index (χ1v) is 7.27. The van der Waals surface area contributed by atoms with Gasteiger partial charge in [0.05, 0.1) is 6.20 Å². The monoisotopic (exact) mass is 291 g/mol. The van der Waals surface area contributed by atoms with Crippen LogP contribution < -0.4 is 5.32 Å². The van der Waals surface area contributed by atoms with Crippen LogP contribution in [-0.4, -0.2) is 26.3 Å². The predicted molar refractivity (Wildman–Crippen MR) is 79.2 cm³/mol. The topological polar surface area (TPSA) is 55.6 Å². The van der Waals surface area contributed by atoms with Gasteiger partial charge in [-0.3, -0.25) is 4.68 Å². The van der Waals surface area contributed by atoms with Crippen LogP contribution in [0.5, 0.6) is 0 Å². The Bertz CT molecular complexity index is 618. The van der Waals surface area contributed by atoms with E-state index in [0.717, 1.165) is 24.6 Å². The Morgan fingerprint density at radius 2 is 2.20 bits per heavy atom. The molecule has 0 amide bonds. The lowest BCUT2D eigenvalue weighted by Gasteiger charge is -2.07. The van der Waals surface area contributed by atoms with Gasteiger partial charge in [0.25, 0.3) is 0 Å². The van der Waals surface area contributed by atoms with Gasteiger partial charge in [-0.1, -0.05) is 11.6 Å². The summed E-state index contributed by atoms with van der Waals surface area (Å²) >= 11 is 6.04. The Morgan fingerprint density at radius 3 is 2.85 bits per heavy atom. The third-order valence-corrected chi connectivity index (χ3v) is 3.89. The number of aryl methyl sites for hydroxylation is 1. The van der Waals surface area contributed by atoms with E-state index in [1.165, 1.54) is 24.1 Å². The van der Waals surface area contributed by atoms with Crippen LogP contribution >= 0.6 is 11.6 Å². The fourth-order valence-electron chi connectivity index (χ4n) is 2.16. The number of anilines is 1. The third kappa shape index (κ3) is 2.93. The summed E-state index contributed by atoms with van der Waals surface area (Å²) in [7, 11) is 1.96. The first kappa shape index (κ1) is 13.4. The van der Waals surface area contributed by atoms with Crippen molar-refractivity contribution in [1.29, 1.82) is 0 Å². The van der Waals surface area contributed by atoms with Gasteiger partial charge in [-0.05, 0) is 31.7 Å². The smallest absolute Gasteiger partial charge is 0.135 e. The summed E-state index contributed by atoms with van der Waals surface area (Å²) in [5, 5.41) is 8.08. The minimum atomic E-state index is 0.509. The molecule has 0 atom stereocenters. The molecule has 0 radical (unpaired) electrons. The number of nitrogens with one attached hydrogen (secondary N) is 1. The molecule has 1 aliphatic rings. The van der Waals surface area contributed by atoms with Crippen LogP contribution in [0.4, 0.5) is 5.82 Å². The van der Waals surface area contributed by atoms with Crippen molar-refractivity contribution in [3.8, 4) is 0 Å². The molecule has 0 bridgehead atoms. The highest BCUT2D eigenvalue weighted by Crippen LogP contribution is 2.38. The SMILES string of the molecule is Cc1c(CCNc2cc(Cl)nc(C3CC3)n2)cnn1C. The molecule has 2 aromatic heterocycles. The van der Waals surface area contributed by atoms with Crippen LogP contribution in [0, 0.1) is 6.92 Å². The third-order valence-electron chi connectivity index (χ3n) is 3.69. The molecular weight excluding hydrogens is 274 g/mol. The summed E-state index contributed by atoms with van der Waals surface area (Å²) in [6.07, 6.45) is 5.18. The molecule has 5 nitrogen and oxygen atoms in total. The lowest BCUT2D eigenvalue weighted by molar-refractivity contribution is 0.737. The Labute approximate surface area is 123 Å². The molecule has 1 saturated carbocycles. The van der Waals surface area contributed by atoms with Gasteiger partial charge < -0.3 is 5.32 Å². The summed E-state index contributed by atoms with van der Waals surface area (Å²) in [5.74, 6) is 2.20. The average molecular weight is 292 g/mol. The fourth-order valence-corrected chi connectivity index (χ4v) is 2.35. The van der Waals surface area contributed by atoms with Gasteiger partial charge >= 0.3 is 0 Å². The van der Waals surface area contributed by atoms with Crippen molar-refractivity contribution < 1.29 is 0 Å². The first-order valence-electron chi connectivity index (χ1n) is 6.89. The molecule has 1 fully saturated rings. The second-order valence-electron chi connectivity index (χ2n) is 5.26. The number of rotatable bonds is 5. The minimum absolute atomic E-state index is 0.509. The first-order chi connectivity index (χ1) is 9.63. The van der Waals surface area contributed by atoms with Crippen molar-refractivity contribution in [3.63, 3.8) is 0 Å². The van der Waals surface area contributed by atoms with Gasteiger partial charge in [0.1, 0.15) is 16.8 Å².